The lowest BCUT2D eigenvalue weighted by atomic mass is 9.98. The molecule has 9 heteroatoms. The zero-order valence-electron chi connectivity index (χ0n) is 14.9. The molecule has 146 valence electrons. The summed E-state index contributed by atoms with van der Waals surface area (Å²) in [5.74, 6) is -2.63. The van der Waals surface area contributed by atoms with Gasteiger partial charge in [-0.1, -0.05) is 0 Å². The lowest BCUT2D eigenvalue weighted by molar-refractivity contribution is -0.123. The van der Waals surface area contributed by atoms with Crippen LogP contribution in [0.4, 0.5) is 23.7 Å². The number of hydrogen-bond donors (Lipinski definition) is 2. The van der Waals surface area contributed by atoms with E-state index in [2.05, 4.69) is 15.6 Å². The van der Waals surface area contributed by atoms with Gasteiger partial charge in [-0.25, -0.2) is 18.0 Å². The van der Waals surface area contributed by atoms with Gasteiger partial charge in [-0.2, -0.15) is 0 Å². The van der Waals surface area contributed by atoms with Crippen molar-refractivity contribution in [1.29, 1.82) is 0 Å². The lowest BCUT2D eigenvalue weighted by Gasteiger charge is -2.37. The molecule has 0 radical (unpaired) electrons. The van der Waals surface area contributed by atoms with Crippen molar-refractivity contribution >= 4 is 17.6 Å². The van der Waals surface area contributed by atoms with E-state index in [4.69, 9.17) is 0 Å². The number of benzene rings is 1. The van der Waals surface area contributed by atoms with Crippen molar-refractivity contribution in [3.05, 3.63) is 59.2 Å². The molecule has 1 aromatic carbocycles. The highest BCUT2D eigenvalue weighted by Crippen LogP contribution is 2.55. The van der Waals surface area contributed by atoms with Gasteiger partial charge in [-0.15, -0.1) is 0 Å². The molecule has 6 nitrogen and oxygen atoms in total. The van der Waals surface area contributed by atoms with Crippen molar-refractivity contribution in [1.82, 2.24) is 15.2 Å². The van der Waals surface area contributed by atoms with Crippen molar-refractivity contribution in [2.45, 2.75) is 31.3 Å². The summed E-state index contributed by atoms with van der Waals surface area (Å²) in [4.78, 5) is 30.0. The number of nitrogens with zero attached hydrogens (tertiary/aromatic N) is 2. The normalized spacial score (nSPS) is 17.7. The molecule has 1 spiro atoms. The van der Waals surface area contributed by atoms with Gasteiger partial charge in [0, 0.05) is 17.3 Å². The topological polar surface area (TPSA) is 74.3 Å². The molecule has 1 saturated carbocycles. The molecule has 1 aliphatic carbocycles. The zero-order chi connectivity index (χ0) is 20.1. The minimum atomic E-state index is -0.869. The van der Waals surface area contributed by atoms with Gasteiger partial charge in [-0.3, -0.25) is 9.78 Å². The number of nitrogens with one attached hydrogen (secondary N) is 2. The van der Waals surface area contributed by atoms with Crippen LogP contribution < -0.4 is 10.6 Å². The standard InChI is InChI=1S/C19H17F3N4O2/c1-10(17-14(22)7-12(21)8-23-17)24-16(27)9-26-18(28)25-15-3-2-11(20)6-13(15)19(26)4-5-19/h2-3,6-8,10H,4-5,9H2,1H3,(H,24,27)(H,25,28)/t10-/m0/s1. The number of rotatable bonds is 4. The van der Waals surface area contributed by atoms with Crippen LogP contribution in [-0.4, -0.2) is 28.4 Å². The number of halogens is 3. The number of pyridine rings is 1. The average molecular weight is 390 g/mol. The number of aromatic nitrogens is 1. The van der Waals surface area contributed by atoms with E-state index in [0.717, 1.165) is 6.20 Å². The van der Waals surface area contributed by atoms with Crippen LogP contribution in [0.2, 0.25) is 0 Å². The van der Waals surface area contributed by atoms with Gasteiger partial charge in [0.25, 0.3) is 0 Å². The molecule has 1 fully saturated rings. The number of carbonyl (C=O) groups excluding carboxylic acids is 2. The first-order valence-corrected chi connectivity index (χ1v) is 8.79. The van der Waals surface area contributed by atoms with Gasteiger partial charge in [0.2, 0.25) is 5.91 Å². The largest absolute Gasteiger partial charge is 0.346 e. The Hall–Kier alpha value is -3.10. The van der Waals surface area contributed by atoms with Crippen LogP contribution in [0.25, 0.3) is 0 Å². The number of anilines is 1. The van der Waals surface area contributed by atoms with Gasteiger partial charge >= 0.3 is 6.03 Å². The molecule has 4 rings (SSSR count). The fraction of sp³-hybridized carbons (Fsp3) is 0.316. The first-order chi connectivity index (χ1) is 13.3. The fourth-order valence-corrected chi connectivity index (χ4v) is 3.66. The number of urea groups is 1. The van der Waals surface area contributed by atoms with E-state index in [9.17, 15) is 22.8 Å². The third-order valence-corrected chi connectivity index (χ3v) is 5.14. The minimum Gasteiger partial charge on any atom is -0.346 e. The minimum absolute atomic E-state index is 0.105. The highest BCUT2D eigenvalue weighted by molar-refractivity contribution is 5.96. The Balaban J connectivity index is 1.51. The molecule has 2 aliphatic rings. The van der Waals surface area contributed by atoms with Crippen molar-refractivity contribution in [2.75, 3.05) is 11.9 Å². The van der Waals surface area contributed by atoms with Gasteiger partial charge in [0.05, 0.1) is 23.5 Å². The zero-order valence-corrected chi connectivity index (χ0v) is 14.9. The second-order valence-electron chi connectivity index (χ2n) is 7.05. The predicted molar refractivity (Wildman–Crippen MR) is 93.7 cm³/mol. The van der Waals surface area contributed by atoms with Gasteiger partial charge in [-0.05, 0) is 38.0 Å². The Labute approximate surface area is 158 Å². The number of fused-ring (bicyclic) bond motifs is 2. The maximum absolute atomic E-state index is 13.8. The van der Waals surface area contributed by atoms with E-state index >= 15 is 0 Å². The van der Waals surface area contributed by atoms with Crippen molar-refractivity contribution < 1.29 is 22.8 Å². The molecule has 0 unspecified atom stereocenters. The maximum atomic E-state index is 13.8. The van der Waals surface area contributed by atoms with Crippen LogP contribution in [-0.2, 0) is 10.3 Å². The van der Waals surface area contributed by atoms with Gasteiger partial charge < -0.3 is 15.5 Å². The SMILES string of the molecule is C[C@H](NC(=O)CN1C(=O)Nc2ccc(F)cc2C12CC2)c1ncc(F)cc1F. The molecule has 0 saturated heterocycles. The molecule has 2 aromatic rings. The first kappa shape index (κ1) is 18.3. The van der Waals surface area contributed by atoms with Crippen molar-refractivity contribution in [3.8, 4) is 0 Å². The Morgan fingerprint density at radius 2 is 2.04 bits per heavy atom. The van der Waals surface area contributed by atoms with E-state index < -0.39 is 41.0 Å². The monoisotopic (exact) mass is 390 g/mol. The predicted octanol–water partition coefficient (Wildman–Crippen LogP) is 3.21. The smallest absolute Gasteiger partial charge is 0.323 e. The van der Waals surface area contributed by atoms with Crippen LogP contribution in [0.3, 0.4) is 0 Å². The Kier molecular flexibility index (Phi) is 4.24. The third kappa shape index (κ3) is 3.06. The van der Waals surface area contributed by atoms with Crippen LogP contribution in [0.5, 0.6) is 0 Å². The van der Waals surface area contributed by atoms with Crippen LogP contribution in [0.15, 0.2) is 30.5 Å². The Morgan fingerprint density at radius 1 is 1.29 bits per heavy atom. The van der Waals surface area contributed by atoms with Crippen molar-refractivity contribution in [2.24, 2.45) is 0 Å². The third-order valence-electron chi connectivity index (χ3n) is 5.14. The molecular formula is C19H17F3N4O2. The molecule has 1 aromatic heterocycles. The van der Waals surface area contributed by atoms with E-state index in [0.29, 0.717) is 30.2 Å². The maximum Gasteiger partial charge on any atom is 0.323 e. The first-order valence-electron chi connectivity index (χ1n) is 8.79. The molecule has 1 aliphatic heterocycles. The summed E-state index contributed by atoms with van der Waals surface area (Å²) in [6, 6.07) is 3.56. The molecule has 3 amide bonds. The molecule has 2 heterocycles. The van der Waals surface area contributed by atoms with Crippen LogP contribution in [0.1, 0.15) is 37.1 Å². The highest BCUT2D eigenvalue weighted by Gasteiger charge is 2.55. The molecule has 1 atom stereocenters. The Morgan fingerprint density at radius 3 is 2.71 bits per heavy atom. The lowest BCUT2D eigenvalue weighted by Crippen LogP contribution is -2.51. The fourth-order valence-electron chi connectivity index (χ4n) is 3.66. The summed E-state index contributed by atoms with van der Waals surface area (Å²) in [6.45, 7) is 1.23. The van der Waals surface area contributed by atoms with Crippen LogP contribution >= 0.6 is 0 Å². The summed E-state index contributed by atoms with van der Waals surface area (Å²) in [5, 5.41) is 5.23. The second-order valence-corrected chi connectivity index (χ2v) is 7.05. The average Bonchev–Trinajstić information content (AvgIpc) is 3.41. The summed E-state index contributed by atoms with van der Waals surface area (Å²) in [5.41, 5.74) is 0.358. The van der Waals surface area contributed by atoms with E-state index in [1.54, 1.807) is 0 Å². The van der Waals surface area contributed by atoms with E-state index in [1.807, 2.05) is 0 Å². The van der Waals surface area contributed by atoms with Crippen LogP contribution in [0, 0.1) is 17.5 Å². The van der Waals surface area contributed by atoms with E-state index in [-0.39, 0.29) is 12.2 Å². The van der Waals surface area contributed by atoms with Gasteiger partial charge in [0.1, 0.15) is 24.0 Å². The quantitative estimate of drug-likeness (QED) is 0.842. The summed E-state index contributed by atoms with van der Waals surface area (Å²) >= 11 is 0. The second kappa shape index (κ2) is 6.50. The summed E-state index contributed by atoms with van der Waals surface area (Å²) in [6.07, 6.45) is 2.10. The number of amides is 3. The Bertz CT molecular complexity index is 978. The molecule has 2 N–H and O–H groups in total. The summed E-state index contributed by atoms with van der Waals surface area (Å²) < 4.78 is 40.5. The summed E-state index contributed by atoms with van der Waals surface area (Å²) in [7, 11) is 0. The molecule has 28 heavy (non-hydrogen) atoms. The highest BCUT2D eigenvalue weighted by atomic mass is 19.1. The van der Waals surface area contributed by atoms with Crippen molar-refractivity contribution in [3.63, 3.8) is 0 Å². The van der Waals surface area contributed by atoms with Gasteiger partial charge in [0.15, 0.2) is 0 Å². The molecular weight excluding hydrogens is 373 g/mol. The number of hydrogen-bond acceptors (Lipinski definition) is 3. The molecule has 0 bridgehead atoms. The number of carbonyl (C=O) groups is 2. The van der Waals surface area contributed by atoms with E-state index in [1.165, 1.54) is 30.0 Å².